The molecule has 4 rings (SSSR count). The fraction of sp³-hybridized carbons (Fsp3) is 0.333. The first kappa shape index (κ1) is 23.8. The van der Waals surface area contributed by atoms with Crippen LogP contribution in [0.2, 0.25) is 0 Å². The van der Waals surface area contributed by atoms with Gasteiger partial charge in [0.25, 0.3) is 0 Å². The molecule has 1 aliphatic rings. The number of nitrogens with one attached hydrogen (secondary N) is 2. The lowest BCUT2D eigenvalue weighted by atomic mass is 10.0. The molecule has 1 aromatic carbocycles. The average Bonchev–Trinajstić information content (AvgIpc) is 3.41. The number of nitrogen functional groups attached to an aromatic ring is 1. The molecule has 12 nitrogen and oxygen atoms in total. The van der Waals surface area contributed by atoms with E-state index in [9.17, 15) is 18.4 Å². The molecule has 3 aromatic rings. The lowest BCUT2D eigenvalue weighted by Gasteiger charge is -2.23. The number of urea groups is 1. The van der Waals surface area contributed by atoms with E-state index in [1.54, 1.807) is 26.1 Å². The van der Waals surface area contributed by atoms with Crippen LogP contribution in [0.15, 0.2) is 34.3 Å². The summed E-state index contributed by atoms with van der Waals surface area (Å²) in [6, 6.07) is 3.16. The fourth-order valence-corrected chi connectivity index (χ4v) is 3.71. The summed E-state index contributed by atoms with van der Waals surface area (Å²) in [5, 5.41) is 14.9. The molecule has 0 bridgehead atoms. The van der Waals surface area contributed by atoms with Gasteiger partial charge in [-0.05, 0) is 37.6 Å². The number of carbonyl (C=O) groups is 1. The number of nitrogens with two attached hydrogens (primary N) is 1. The van der Waals surface area contributed by atoms with Crippen LogP contribution < -0.4 is 22.1 Å². The van der Waals surface area contributed by atoms with E-state index in [-0.39, 0.29) is 36.4 Å². The number of aromatic nitrogens is 5. The van der Waals surface area contributed by atoms with Gasteiger partial charge in [0.2, 0.25) is 5.95 Å². The molecule has 0 fully saturated rings. The summed E-state index contributed by atoms with van der Waals surface area (Å²) in [6.45, 7) is 4.02. The van der Waals surface area contributed by atoms with E-state index in [1.807, 2.05) is 0 Å². The Labute approximate surface area is 198 Å². The van der Waals surface area contributed by atoms with Gasteiger partial charge in [0.1, 0.15) is 11.6 Å². The van der Waals surface area contributed by atoms with E-state index in [1.165, 1.54) is 21.8 Å². The molecule has 184 valence electrons. The minimum absolute atomic E-state index is 0.0681. The normalized spacial score (nSPS) is 15.0. The number of benzene rings is 1. The number of rotatable bonds is 7. The Morgan fingerprint density at radius 3 is 2.77 bits per heavy atom. The molecular weight excluding hydrogens is 462 g/mol. The van der Waals surface area contributed by atoms with Crippen LogP contribution in [0.5, 0.6) is 0 Å². The molecule has 3 heterocycles. The number of hydrazone groups is 1. The van der Waals surface area contributed by atoms with Crippen LogP contribution in [0.1, 0.15) is 30.8 Å². The number of aryl methyl sites for hydroxylation is 2. The SMILES string of the molecule is CCn1nc(C)n(-c2nc(NCCNC(=O)N3N=CC[C@H]3c3cc(N)cc(F)c3)ncc2F)c1=O. The number of amides is 2. The van der Waals surface area contributed by atoms with Crippen LogP contribution in [0.3, 0.4) is 0 Å². The predicted octanol–water partition coefficient (Wildman–Crippen LogP) is 1.57. The highest BCUT2D eigenvalue weighted by Gasteiger charge is 2.28. The Bertz CT molecular complexity index is 1320. The summed E-state index contributed by atoms with van der Waals surface area (Å²) in [7, 11) is 0. The number of anilines is 2. The second kappa shape index (κ2) is 9.87. The topological polar surface area (TPSA) is 148 Å². The molecular formula is C21H24F2N10O2. The van der Waals surface area contributed by atoms with Crippen LogP contribution in [0, 0.1) is 18.6 Å². The van der Waals surface area contributed by atoms with Crippen molar-refractivity contribution in [3.05, 3.63) is 57.9 Å². The standard InChI is InChI=1S/C21H24F2N10O2/c1-3-31-21(35)32(12(2)30-31)18-16(23)11-27-19(29-18)25-6-7-26-20(34)33-17(4-5-28-33)13-8-14(22)10-15(24)9-13/h5,8-11,17H,3-4,6-7,24H2,1-2H3,(H,26,34)(H,25,27,29)/t17-/m0/s1. The van der Waals surface area contributed by atoms with E-state index in [4.69, 9.17) is 5.73 Å². The molecule has 1 aliphatic heterocycles. The van der Waals surface area contributed by atoms with Crippen LogP contribution in [-0.4, -0.2) is 54.7 Å². The first-order valence-corrected chi connectivity index (χ1v) is 10.9. The highest BCUT2D eigenvalue weighted by Crippen LogP contribution is 2.29. The number of halogens is 2. The zero-order chi connectivity index (χ0) is 25.1. The maximum atomic E-state index is 14.4. The van der Waals surface area contributed by atoms with Crippen molar-refractivity contribution in [3.63, 3.8) is 0 Å². The fourth-order valence-electron chi connectivity index (χ4n) is 3.71. The Morgan fingerprint density at radius 2 is 2.06 bits per heavy atom. The molecule has 0 unspecified atom stereocenters. The zero-order valence-corrected chi connectivity index (χ0v) is 19.1. The molecule has 0 saturated carbocycles. The van der Waals surface area contributed by atoms with Gasteiger partial charge in [-0.15, -0.1) is 0 Å². The first-order chi connectivity index (χ1) is 16.8. The molecule has 0 radical (unpaired) electrons. The molecule has 2 amide bonds. The van der Waals surface area contributed by atoms with Gasteiger partial charge in [0.15, 0.2) is 11.6 Å². The van der Waals surface area contributed by atoms with Gasteiger partial charge in [-0.25, -0.2) is 37.6 Å². The molecule has 35 heavy (non-hydrogen) atoms. The summed E-state index contributed by atoms with van der Waals surface area (Å²) >= 11 is 0. The third-order valence-corrected chi connectivity index (χ3v) is 5.29. The minimum Gasteiger partial charge on any atom is -0.399 e. The Morgan fingerprint density at radius 1 is 1.26 bits per heavy atom. The number of carbonyl (C=O) groups excluding carboxylic acids is 1. The lowest BCUT2D eigenvalue weighted by molar-refractivity contribution is 0.186. The van der Waals surface area contributed by atoms with E-state index in [2.05, 4.69) is 30.8 Å². The van der Waals surface area contributed by atoms with Gasteiger partial charge in [0, 0.05) is 38.0 Å². The highest BCUT2D eigenvalue weighted by atomic mass is 19.1. The van der Waals surface area contributed by atoms with Gasteiger partial charge in [-0.3, -0.25) is 0 Å². The summed E-state index contributed by atoms with van der Waals surface area (Å²) in [6.07, 6.45) is 2.95. The largest absolute Gasteiger partial charge is 0.399 e. The molecule has 1 atom stereocenters. The van der Waals surface area contributed by atoms with Crippen LogP contribution in [0.25, 0.3) is 5.82 Å². The summed E-state index contributed by atoms with van der Waals surface area (Å²) in [4.78, 5) is 33.0. The minimum atomic E-state index is -0.777. The molecule has 0 aliphatic carbocycles. The van der Waals surface area contributed by atoms with Gasteiger partial charge >= 0.3 is 11.7 Å². The van der Waals surface area contributed by atoms with Gasteiger partial charge in [-0.1, -0.05) is 0 Å². The van der Waals surface area contributed by atoms with Gasteiger partial charge < -0.3 is 16.4 Å². The van der Waals surface area contributed by atoms with Crippen molar-refractivity contribution >= 4 is 23.9 Å². The summed E-state index contributed by atoms with van der Waals surface area (Å²) in [5.74, 6) is -1.14. The van der Waals surface area contributed by atoms with Crippen LogP contribution in [-0.2, 0) is 6.54 Å². The molecule has 14 heteroatoms. The maximum Gasteiger partial charge on any atom is 0.351 e. The Hall–Kier alpha value is -4.36. The smallest absolute Gasteiger partial charge is 0.351 e. The lowest BCUT2D eigenvalue weighted by Crippen LogP contribution is -2.39. The quantitative estimate of drug-likeness (QED) is 0.339. The molecule has 4 N–H and O–H groups in total. The highest BCUT2D eigenvalue weighted by molar-refractivity contribution is 5.78. The van der Waals surface area contributed by atoms with Crippen molar-refractivity contribution in [1.29, 1.82) is 0 Å². The van der Waals surface area contributed by atoms with Crippen molar-refractivity contribution in [2.24, 2.45) is 5.10 Å². The number of hydrogen-bond donors (Lipinski definition) is 3. The third-order valence-electron chi connectivity index (χ3n) is 5.29. The molecule has 2 aromatic heterocycles. The van der Waals surface area contributed by atoms with E-state index in [0.29, 0.717) is 18.5 Å². The van der Waals surface area contributed by atoms with Crippen molar-refractivity contribution in [3.8, 4) is 5.82 Å². The Balaban J connectivity index is 1.37. The number of hydrogen-bond acceptors (Lipinski definition) is 8. The van der Waals surface area contributed by atoms with E-state index in [0.717, 1.165) is 10.8 Å². The summed E-state index contributed by atoms with van der Waals surface area (Å²) in [5.41, 5.74) is 6.00. The van der Waals surface area contributed by atoms with E-state index >= 15 is 0 Å². The Kier molecular flexibility index (Phi) is 6.71. The van der Waals surface area contributed by atoms with E-state index < -0.39 is 29.4 Å². The van der Waals surface area contributed by atoms with Crippen molar-refractivity contribution in [2.75, 3.05) is 24.1 Å². The third kappa shape index (κ3) is 4.95. The zero-order valence-electron chi connectivity index (χ0n) is 19.1. The van der Waals surface area contributed by atoms with Crippen LogP contribution in [0.4, 0.5) is 25.2 Å². The van der Waals surface area contributed by atoms with Crippen molar-refractivity contribution in [1.82, 2.24) is 34.6 Å². The molecule has 0 spiro atoms. The maximum absolute atomic E-state index is 14.4. The average molecular weight is 486 g/mol. The second-order valence-electron chi connectivity index (χ2n) is 7.72. The van der Waals surface area contributed by atoms with Crippen molar-refractivity contribution in [2.45, 2.75) is 32.9 Å². The predicted molar refractivity (Wildman–Crippen MR) is 124 cm³/mol. The second-order valence-corrected chi connectivity index (χ2v) is 7.72. The monoisotopic (exact) mass is 486 g/mol. The van der Waals surface area contributed by atoms with Crippen molar-refractivity contribution < 1.29 is 13.6 Å². The van der Waals surface area contributed by atoms with Crippen LogP contribution >= 0.6 is 0 Å². The number of nitrogens with zero attached hydrogens (tertiary/aromatic N) is 7. The van der Waals surface area contributed by atoms with Gasteiger partial charge in [-0.2, -0.15) is 15.2 Å². The van der Waals surface area contributed by atoms with Gasteiger partial charge in [0.05, 0.1) is 12.2 Å². The molecule has 0 saturated heterocycles. The summed E-state index contributed by atoms with van der Waals surface area (Å²) < 4.78 is 30.4. The first-order valence-electron chi connectivity index (χ1n) is 10.9.